The highest BCUT2D eigenvalue weighted by molar-refractivity contribution is 5.87. The number of hydrogen-bond donors (Lipinski definition) is 0. The van der Waals surface area contributed by atoms with Gasteiger partial charge in [0.15, 0.2) is 12.6 Å². The van der Waals surface area contributed by atoms with Crippen molar-refractivity contribution in [2.75, 3.05) is 0 Å². The Labute approximate surface area is 305 Å². The Morgan fingerprint density at radius 1 is 0.510 bits per heavy atom. The molecular weight excluding hydrogens is 652 g/mol. The van der Waals surface area contributed by atoms with Gasteiger partial charge in [0.25, 0.3) is 0 Å². The summed E-state index contributed by atoms with van der Waals surface area (Å²) < 4.78 is 47.1. The van der Waals surface area contributed by atoms with Gasteiger partial charge in [0, 0.05) is 42.2 Å². The minimum Gasteiger partial charge on any atom is -0.465 e. The Bertz CT molecular complexity index is 1260. The second-order valence-electron chi connectivity index (χ2n) is 12.9. The van der Waals surface area contributed by atoms with Crippen molar-refractivity contribution in [3.63, 3.8) is 0 Å². The normalized spacial score (nSPS) is 15.1. The first kappa shape index (κ1) is 43.5. The predicted octanol–water partition coefficient (Wildman–Crippen LogP) is 9.49. The fourth-order valence-electron chi connectivity index (χ4n) is 4.77. The third-order valence-corrected chi connectivity index (χ3v) is 8.08. The van der Waals surface area contributed by atoms with Gasteiger partial charge in [-0.3, -0.25) is 0 Å². The lowest BCUT2D eigenvalue weighted by molar-refractivity contribution is -0.276. The standard InChI is InChI=1S/C41H60O10/c1-13-33(46-35(15-3)48-37(17-5)50-39(42)27(7)8)44-31-23-19-29(20-24-31)41(11,12)30-21-25-32(26-22-30)45-34(14-2)47-36(16-4)49-38(18-6)51-40(43)28(9)10/h19-26,33-38H,7,9,13-18H2,1-6,8,10-12H3. The number of esters is 2. The van der Waals surface area contributed by atoms with Crippen molar-refractivity contribution in [2.24, 2.45) is 0 Å². The number of carbonyl (C=O) groups is 2. The van der Waals surface area contributed by atoms with Crippen molar-refractivity contribution < 1.29 is 47.5 Å². The molecule has 10 heteroatoms. The third kappa shape index (κ3) is 14.1. The Kier molecular flexibility index (Phi) is 18.4. The molecule has 6 atom stereocenters. The van der Waals surface area contributed by atoms with E-state index in [2.05, 4.69) is 27.0 Å². The predicted molar refractivity (Wildman–Crippen MR) is 197 cm³/mol. The molecule has 0 spiro atoms. The summed E-state index contributed by atoms with van der Waals surface area (Å²) in [5.74, 6) is 0.336. The molecule has 2 aromatic carbocycles. The molecule has 51 heavy (non-hydrogen) atoms. The first-order chi connectivity index (χ1) is 24.2. The lowest BCUT2D eigenvalue weighted by Gasteiger charge is -2.29. The maximum absolute atomic E-state index is 12.0. The molecule has 2 aromatic rings. The summed E-state index contributed by atoms with van der Waals surface area (Å²) in [6.07, 6.45) is -0.610. The van der Waals surface area contributed by atoms with Crippen molar-refractivity contribution in [1.82, 2.24) is 0 Å². The van der Waals surface area contributed by atoms with E-state index in [1.807, 2.05) is 90.1 Å². The molecule has 0 heterocycles. The van der Waals surface area contributed by atoms with E-state index in [9.17, 15) is 9.59 Å². The van der Waals surface area contributed by atoms with Crippen LogP contribution in [0.2, 0.25) is 0 Å². The molecule has 0 N–H and O–H groups in total. The summed E-state index contributed by atoms with van der Waals surface area (Å²) in [5, 5.41) is 0. The highest BCUT2D eigenvalue weighted by Gasteiger charge is 2.26. The first-order valence-electron chi connectivity index (χ1n) is 18.1. The minimum absolute atomic E-state index is 0.310. The molecule has 0 radical (unpaired) electrons. The minimum atomic E-state index is -0.742. The fraction of sp³-hybridized carbons (Fsp3) is 0.561. The van der Waals surface area contributed by atoms with Crippen LogP contribution in [-0.4, -0.2) is 49.7 Å². The number of ether oxygens (including phenoxy) is 8. The van der Waals surface area contributed by atoms with E-state index < -0.39 is 49.7 Å². The molecule has 0 aromatic heterocycles. The van der Waals surface area contributed by atoms with Gasteiger partial charge in [-0.1, -0.05) is 92.8 Å². The van der Waals surface area contributed by atoms with Crippen LogP contribution < -0.4 is 9.47 Å². The highest BCUT2D eigenvalue weighted by Crippen LogP contribution is 2.34. The van der Waals surface area contributed by atoms with Gasteiger partial charge < -0.3 is 37.9 Å². The topological polar surface area (TPSA) is 108 Å². The zero-order valence-electron chi connectivity index (χ0n) is 32.3. The van der Waals surface area contributed by atoms with E-state index in [1.54, 1.807) is 13.8 Å². The van der Waals surface area contributed by atoms with Crippen LogP contribution in [0.15, 0.2) is 72.8 Å². The van der Waals surface area contributed by atoms with Crippen LogP contribution in [0.5, 0.6) is 11.5 Å². The van der Waals surface area contributed by atoms with Gasteiger partial charge in [0.2, 0.25) is 25.2 Å². The second kappa shape index (κ2) is 21.6. The maximum Gasteiger partial charge on any atom is 0.335 e. The molecule has 6 unspecified atom stereocenters. The molecule has 0 saturated carbocycles. The van der Waals surface area contributed by atoms with Gasteiger partial charge in [-0.15, -0.1) is 0 Å². The number of carbonyl (C=O) groups excluding carboxylic acids is 2. The van der Waals surface area contributed by atoms with Gasteiger partial charge >= 0.3 is 11.9 Å². The molecule has 284 valence electrons. The number of rotatable bonds is 24. The number of benzene rings is 2. The fourth-order valence-corrected chi connectivity index (χ4v) is 4.77. The van der Waals surface area contributed by atoms with Crippen molar-refractivity contribution in [1.29, 1.82) is 0 Å². The lowest BCUT2D eigenvalue weighted by Crippen LogP contribution is -2.33. The summed E-state index contributed by atoms with van der Waals surface area (Å²) >= 11 is 0. The molecule has 10 nitrogen and oxygen atoms in total. The summed E-state index contributed by atoms with van der Waals surface area (Å²) in [6, 6.07) is 15.9. The molecule has 0 saturated heterocycles. The zero-order chi connectivity index (χ0) is 38.1. The summed E-state index contributed by atoms with van der Waals surface area (Å²) in [4.78, 5) is 23.9. The van der Waals surface area contributed by atoms with Gasteiger partial charge in [-0.2, -0.15) is 0 Å². The quantitative estimate of drug-likeness (QED) is 0.0593. The van der Waals surface area contributed by atoms with Crippen molar-refractivity contribution in [3.8, 4) is 11.5 Å². The molecule has 0 aliphatic heterocycles. The molecule has 0 amide bonds. The molecule has 0 aliphatic carbocycles. The number of hydrogen-bond acceptors (Lipinski definition) is 10. The second-order valence-corrected chi connectivity index (χ2v) is 12.9. The van der Waals surface area contributed by atoms with Crippen LogP contribution in [0.3, 0.4) is 0 Å². The van der Waals surface area contributed by atoms with Crippen LogP contribution in [0.1, 0.15) is 119 Å². The zero-order valence-corrected chi connectivity index (χ0v) is 32.3. The Morgan fingerprint density at radius 2 is 0.784 bits per heavy atom. The van der Waals surface area contributed by atoms with Gasteiger partial charge in [0.1, 0.15) is 11.5 Å². The van der Waals surface area contributed by atoms with E-state index in [1.165, 1.54) is 0 Å². The van der Waals surface area contributed by atoms with Crippen LogP contribution in [-0.2, 0) is 43.4 Å². The average molecular weight is 713 g/mol. The van der Waals surface area contributed by atoms with Crippen LogP contribution in [0.4, 0.5) is 0 Å². The maximum atomic E-state index is 12.0. The smallest absolute Gasteiger partial charge is 0.335 e. The van der Waals surface area contributed by atoms with E-state index >= 15 is 0 Å². The SMILES string of the molecule is C=C(C)C(=O)OC(CC)OC(CC)OC(CC)Oc1ccc(C(C)(C)c2ccc(OC(CC)OC(CC)OC(CC)OC(=O)C(=C)C)cc2)cc1. The summed E-state index contributed by atoms with van der Waals surface area (Å²) in [5.41, 5.74) is 2.52. The van der Waals surface area contributed by atoms with Crippen molar-refractivity contribution in [3.05, 3.63) is 84.0 Å². The Hall–Kier alpha value is -3.70. The van der Waals surface area contributed by atoms with Gasteiger partial charge in [0.05, 0.1) is 0 Å². The van der Waals surface area contributed by atoms with Crippen LogP contribution >= 0.6 is 0 Å². The average Bonchev–Trinajstić information content (AvgIpc) is 3.12. The van der Waals surface area contributed by atoms with Gasteiger partial charge in [-0.05, 0) is 62.1 Å². The van der Waals surface area contributed by atoms with Crippen molar-refractivity contribution in [2.45, 2.75) is 151 Å². The summed E-state index contributed by atoms with van der Waals surface area (Å²) in [6.45, 7) is 26.3. The van der Waals surface area contributed by atoms with E-state index in [0.29, 0.717) is 61.2 Å². The Balaban J connectivity index is 2.03. The molecule has 0 fully saturated rings. The first-order valence-corrected chi connectivity index (χ1v) is 18.1. The lowest BCUT2D eigenvalue weighted by atomic mass is 9.78. The van der Waals surface area contributed by atoms with E-state index in [-0.39, 0.29) is 5.41 Å². The van der Waals surface area contributed by atoms with Crippen molar-refractivity contribution >= 4 is 11.9 Å². The Morgan fingerprint density at radius 3 is 1.04 bits per heavy atom. The monoisotopic (exact) mass is 712 g/mol. The molecule has 0 aliphatic rings. The third-order valence-electron chi connectivity index (χ3n) is 8.08. The highest BCUT2D eigenvalue weighted by atomic mass is 16.8. The van der Waals surface area contributed by atoms with E-state index in [0.717, 1.165) is 11.1 Å². The van der Waals surface area contributed by atoms with E-state index in [4.69, 9.17) is 37.9 Å². The van der Waals surface area contributed by atoms with Crippen LogP contribution in [0, 0.1) is 0 Å². The largest absolute Gasteiger partial charge is 0.465 e. The molecular formula is C41H60O10. The van der Waals surface area contributed by atoms with Gasteiger partial charge in [-0.25, -0.2) is 9.59 Å². The molecule has 2 rings (SSSR count). The van der Waals surface area contributed by atoms with Crippen LogP contribution in [0.25, 0.3) is 0 Å². The molecule has 0 bridgehead atoms. The summed E-state index contributed by atoms with van der Waals surface area (Å²) in [7, 11) is 0.